The summed E-state index contributed by atoms with van der Waals surface area (Å²) in [4.78, 5) is 8.47. The Morgan fingerprint density at radius 1 is 1.50 bits per heavy atom. The summed E-state index contributed by atoms with van der Waals surface area (Å²) in [6.07, 6.45) is 2.52. The first-order valence-electron chi connectivity index (χ1n) is 3.67. The molecule has 4 nitrogen and oxygen atoms in total. The lowest BCUT2D eigenvalue weighted by molar-refractivity contribution is 0.141. The number of nitrogens with zero attached hydrogens (tertiary/aromatic N) is 1. The average Bonchev–Trinajstić information content (AvgIpc) is 2.15. The highest BCUT2D eigenvalue weighted by Crippen LogP contribution is 2.06. The van der Waals surface area contributed by atoms with Crippen molar-refractivity contribution in [1.82, 2.24) is 4.98 Å². The molecule has 0 unspecified atom stereocenters. The maximum atomic E-state index is 4.91. The van der Waals surface area contributed by atoms with Crippen molar-refractivity contribution in [3.8, 4) is 5.88 Å². The Labute approximate surface area is 71.3 Å². The van der Waals surface area contributed by atoms with E-state index in [4.69, 9.17) is 10.6 Å². The van der Waals surface area contributed by atoms with Gasteiger partial charge in [-0.3, -0.25) is 0 Å². The highest BCUT2D eigenvalue weighted by Gasteiger charge is 1.94. The molecule has 1 aromatic rings. The zero-order valence-electron chi connectivity index (χ0n) is 6.99. The second kappa shape index (κ2) is 4.69. The van der Waals surface area contributed by atoms with Crippen LogP contribution in [0.2, 0.25) is 0 Å². The molecule has 12 heavy (non-hydrogen) atoms. The van der Waals surface area contributed by atoms with Crippen molar-refractivity contribution in [3.63, 3.8) is 0 Å². The molecule has 0 saturated heterocycles. The molecule has 0 amide bonds. The van der Waals surface area contributed by atoms with E-state index in [1.807, 2.05) is 12.1 Å². The lowest BCUT2D eigenvalue weighted by Crippen LogP contribution is -2.03. The van der Waals surface area contributed by atoms with Crippen LogP contribution in [0.3, 0.4) is 0 Å². The minimum Gasteiger partial charge on any atom is -0.481 e. The van der Waals surface area contributed by atoms with Gasteiger partial charge < -0.3 is 9.57 Å². The molecular formula is C8H12N2O2. The predicted octanol–water partition coefficient (Wildman–Crippen LogP) is 0.523. The van der Waals surface area contributed by atoms with Crippen LogP contribution in [0, 0.1) is 0 Å². The van der Waals surface area contributed by atoms with Crippen LogP contribution in [0.1, 0.15) is 5.56 Å². The zero-order chi connectivity index (χ0) is 8.81. The topological polar surface area (TPSA) is 57.4 Å². The molecule has 0 saturated carbocycles. The standard InChI is InChI=1S/C8H12N2O2/c1-11-8-3-2-7(6-10-8)4-5-12-9/h2-3,6H,4-5,9H2,1H3. The fourth-order valence-corrected chi connectivity index (χ4v) is 0.856. The van der Waals surface area contributed by atoms with Gasteiger partial charge in [-0.05, 0) is 12.0 Å². The van der Waals surface area contributed by atoms with Crippen molar-refractivity contribution in [1.29, 1.82) is 0 Å². The fraction of sp³-hybridized carbons (Fsp3) is 0.375. The smallest absolute Gasteiger partial charge is 0.212 e. The molecule has 0 aliphatic rings. The summed E-state index contributed by atoms with van der Waals surface area (Å²) in [5.74, 6) is 5.51. The highest BCUT2D eigenvalue weighted by atomic mass is 16.6. The highest BCUT2D eigenvalue weighted by molar-refractivity contribution is 5.17. The van der Waals surface area contributed by atoms with Gasteiger partial charge in [-0.1, -0.05) is 6.07 Å². The molecule has 66 valence electrons. The molecule has 0 atom stereocenters. The van der Waals surface area contributed by atoms with E-state index in [2.05, 4.69) is 9.82 Å². The maximum absolute atomic E-state index is 4.91. The van der Waals surface area contributed by atoms with Crippen molar-refractivity contribution in [2.45, 2.75) is 6.42 Å². The first kappa shape index (κ1) is 8.96. The van der Waals surface area contributed by atoms with Crippen LogP contribution >= 0.6 is 0 Å². The summed E-state index contributed by atoms with van der Waals surface area (Å²) in [7, 11) is 1.59. The summed E-state index contributed by atoms with van der Waals surface area (Å²) in [6, 6.07) is 3.75. The van der Waals surface area contributed by atoms with Gasteiger partial charge in [0.15, 0.2) is 0 Å². The van der Waals surface area contributed by atoms with Gasteiger partial charge in [0.2, 0.25) is 5.88 Å². The molecule has 1 heterocycles. The molecule has 0 aromatic carbocycles. The molecule has 1 aromatic heterocycles. The van der Waals surface area contributed by atoms with Crippen LogP contribution < -0.4 is 10.6 Å². The van der Waals surface area contributed by atoms with E-state index in [1.54, 1.807) is 13.3 Å². The Morgan fingerprint density at radius 3 is 2.83 bits per heavy atom. The second-order valence-electron chi connectivity index (χ2n) is 2.33. The Hall–Kier alpha value is -1.13. The third-order valence-corrected chi connectivity index (χ3v) is 1.52. The number of methoxy groups -OCH3 is 1. The van der Waals surface area contributed by atoms with Crippen LogP contribution in [0.4, 0.5) is 0 Å². The fourth-order valence-electron chi connectivity index (χ4n) is 0.856. The number of rotatable bonds is 4. The summed E-state index contributed by atoms with van der Waals surface area (Å²) in [6.45, 7) is 0.508. The number of nitrogens with two attached hydrogens (primary N) is 1. The summed E-state index contributed by atoms with van der Waals surface area (Å²) in [5.41, 5.74) is 1.08. The molecule has 0 spiro atoms. The van der Waals surface area contributed by atoms with E-state index in [0.29, 0.717) is 12.5 Å². The minimum atomic E-state index is 0.508. The second-order valence-corrected chi connectivity index (χ2v) is 2.33. The molecule has 4 heteroatoms. The SMILES string of the molecule is COc1ccc(CCON)cn1. The van der Waals surface area contributed by atoms with Crippen molar-refractivity contribution in [2.24, 2.45) is 5.90 Å². The van der Waals surface area contributed by atoms with Crippen molar-refractivity contribution < 1.29 is 9.57 Å². The number of aromatic nitrogens is 1. The van der Waals surface area contributed by atoms with Crippen molar-refractivity contribution >= 4 is 0 Å². The van der Waals surface area contributed by atoms with E-state index in [9.17, 15) is 0 Å². The summed E-state index contributed by atoms with van der Waals surface area (Å²) in [5, 5.41) is 0. The molecule has 0 aliphatic carbocycles. The first-order valence-corrected chi connectivity index (χ1v) is 3.67. The lowest BCUT2D eigenvalue weighted by atomic mass is 10.2. The Balaban J connectivity index is 2.53. The quantitative estimate of drug-likeness (QED) is 0.666. The monoisotopic (exact) mass is 168 g/mol. The number of hydrogen-bond donors (Lipinski definition) is 1. The van der Waals surface area contributed by atoms with Gasteiger partial charge in [-0.15, -0.1) is 0 Å². The largest absolute Gasteiger partial charge is 0.481 e. The van der Waals surface area contributed by atoms with Crippen LogP contribution in [0.5, 0.6) is 5.88 Å². The molecule has 0 fully saturated rings. The Morgan fingerprint density at radius 2 is 2.33 bits per heavy atom. The van der Waals surface area contributed by atoms with Crippen LogP contribution in [0.25, 0.3) is 0 Å². The molecule has 0 aliphatic heterocycles. The third kappa shape index (κ3) is 2.48. The molecule has 0 bridgehead atoms. The maximum Gasteiger partial charge on any atom is 0.212 e. The number of ether oxygens (including phenoxy) is 1. The van der Waals surface area contributed by atoms with Crippen LogP contribution in [0.15, 0.2) is 18.3 Å². The van der Waals surface area contributed by atoms with E-state index in [0.717, 1.165) is 12.0 Å². The predicted molar refractivity (Wildman–Crippen MR) is 44.6 cm³/mol. The summed E-state index contributed by atoms with van der Waals surface area (Å²) >= 11 is 0. The van der Waals surface area contributed by atoms with Gasteiger partial charge in [-0.25, -0.2) is 10.9 Å². The van der Waals surface area contributed by atoms with Gasteiger partial charge in [0.05, 0.1) is 13.7 Å². The van der Waals surface area contributed by atoms with Crippen molar-refractivity contribution in [2.75, 3.05) is 13.7 Å². The summed E-state index contributed by atoms with van der Waals surface area (Å²) < 4.78 is 4.91. The van der Waals surface area contributed by atoms with E-state index in [1.165, 1.54) is 0 Å². The van der Waals surface area contributed by atoms with E-state index in [-0.39, 0.29) is 0 Å². The molecule has 1 rings (SSSR count). The minimum absolute atomic E-state index is 0.508. The number of pyridine rings is 1. The van der Waals surface area contributed by atoms with Crippen molar-refractivity contribution in [3.05, 3.63) is 23.9 Å². The Kier molecular flexibility index (Phi) is 3.50. The molecular weight excluding hydrogens is 156 g/mol. The zero-order valence-corrected chi connectivity index (χ0v) is 6.99. The molecule has 2 N–H and O–H groups in total. The van der Waals surface area contributed by atoms with Gasteiger partial charge in [-0.2, -0.15) is 0 Å². The van der Waals surface area contributed by atoms with Crippen LogP contribution in [-0.4, -0.2) is 18.7 Å². The Bertz CT molecular complexity index is 223. The van der Waals surface area contributed by atoms with Gasteiger partial charge in [0, 0.05) is 12.3 Å². The number of hydrogen-bond acceptors (Lipinski definition) is 4. The van der Waals surface area contributed by atoms with Gasteiger partial charge >= 0.3 is 0 Å². The van der Waals surface area contributed by atoms with Gasteiger partial charge in [0.25, 0.3) is 0 Å². The third-order valence-electron chi connectivity index (χ3n) is 1.52. The van der Waals surface area contributed by atoms with Crippen LogP contribution in [-0.2, 0) is 11.3 Å². The van der Waals surface area contributed by atoms with Gasteiger partial charge in [0.1, 0.15) is 0 Å². The lowest BCUT2D eigenvalue weighted by Gasteiger charge is -2.00. The molecule has 0 radical (unpaired) electrons. The first-order chi connectivity index (χ1) is 5.86. The van der Waals surface area contributed by atoms with E-state index >= 15 is 0 Å². The van der Waals surface area contributed by atoms with E-state index < -0.39 is 0 Å². The normalized spacial score (nSPS) is 9.83. The average molecular weight is 168 g/mol.